The number of para-hydroxylation sites is 1. The number of amides is 1. The number of carbonyl (C=O) groups is 1. The molecule has 0 radical (unpaired) electrons. The van der Waals surface area contributed by atoms with Gasteiger partial charge in [-0.1, -0.05) is 53.6 Å². The van der Waals surface area contributed by atoms with Gasteiger partial charge in [-0.25, -0.2) is 8.42 Å². The Hall–Kier alpha value is -3.46. The monoisotopic (exact) mass is 534 g/mol. The van der Waals surface area contributed by atoms with Crippen LogP contribution in [0.3, 0.4) is 0 Å². The quantitative estimate of drug-likeness (QED) is 0.350. The van der Waals surface area contributed by atoms with E-state index in [1.165, 1.54) is 10.4 Å². The van der Waals surface area contributed by atoms with Crippen LogP contribution in [-0.2, 0) is 36.6 Å². The molecule has 0 bridgehead atoms. The van der Waals surface area contributed by atoms with E-state index in [0.717, 1.165) is 22.5 Å². The molecule has 0 aliphatic carbocycles. The molecule has 1 aliphatic rings. The largest absolute Gasteiger partial charge is 0.302 e. The normalized spacial score (nSPS) is 13.8. The number of hydrogen-bond acceptors (Lipinski definition) is 4. The summed E-state index contributed by atoms with van der Waals surface area (Å²) in [5.41, 5.74) is 4.87. The Bertz CT molecular complexity index is 1550. The lowest BCUT2D eigenvalue weighted by atomic mass is 10.1. The van der Waals surface area contributed by atoms with Gasteiger partial charge in [0.15, 0.2) is 0 Å². The molecule has 3 aromatic carbocycles. The summed E-state index contributed by atoms with van der Waals surface area (Å²) in [6.45, 7) is 2.71. The van der Waals surface area contributed by atoms with E-state index in [1.54, 1.807) is 27.8 Å². The first kappa shape index (κ1) is 25.2. The minimum absolute atomic E-state index is 0.148. The van der Waals surface area contributed by atoms with Gasteiger partial charge in [-0.05, 0) is 49.4 Å². The Labute approximate surface area is 222 Å². The zero-order chi connectivity index (χ0) is 26.2. The third kappa shape index (κ3) is 5.05. The van der Waals surface area contributed by atoms with E-state index in [9.17, 15) is 13.2 Å². The lowest BCUT2D eigenvalue weighted by Crippen LogP contribution is -2.37. The van der Waals surface area contributed by atoms with Crippen LogP contribution in [-0.4, -0.2) is 35.0 Å². The van der Waals surface area contributed by atoms with Crippen molar-refractivity contribution in [3.8, 4) is 0 Å². The average molecular weight is 535 g/mol. The molecular formula is C28H27ClN4O3S. The van der Waals surface area contributed by atoms with Crippen molar-refractivity contribution in [1.82, 2.24) is 14.1 Å². The van der Waals surface area contributed by atoms with E-state index < -0.39 is 10.0 Å². The molecule has 0 atom stereocenters. The highest BCUT2D eigenvalue weighted by atomic mass is 35.5. The lowest BCUT2D eigenvalue weighted by Gasteiger charge is -2.28. The Morgan fingerprint density at radius 3 is 2.46 bits per heavy atom. The van der Waals surface area contributed by atoms with Crippen molar-refractivity contribution < 1.29 is 13.2 Å². The molecule has 1 aliphatic heterocycles. The molecule has 1 amide bonds. The first-order valence-corrected chi connectivity index (χ1v) is 13.8. The summed E-state index contributed by atoms with van der Waals surface area (Å²) in [6.07, 6.45) is 0.524. The van der Waals surface area contributed by atoms with Crippen molar-refractivity contribution in [2.45, 2.75) is 31.3 Å². The maximum atomic E-state index is 13.6. The van der Waals surface area contributed by atoms with Gasteiger partial charge in [0.25, 0.3) is 5.91 Å². The third-order valence-electron chi connectivity index (χ3n) is 6.64. The van der Waals surface area contributed by atoms with Crippen molar-refractivity contribution in [3.63, 3.8) is 0 Å². The Morgan fingerprint density at radius 2 is 1.76 bits per heavy atom. The fraction of sp³-hybridized carbons (Fsp3) is 0.214. The molecule has 0 unspecified atom stereocenters. The molecule has 9 heteroatoms. The SMILES string of the molecule is Cc1ccc(C(=O)N(Cc2nn(C)c3c2CN(S(=O)(=O)c2cccc(Cl)c2)CC3)c2ccccc2)cc1. The molecule has 0 fully saturated rings. The minimum atomic E-state index is -3.75. The summed E-state index contributed by atoms with van der Waals surface area (Å²) in [5.74, 6) is -0.148. The van der Waals surface area contributed by atoms with Gasteiger partial charge in [-0.15, -0.1) is 0 Å². The molecule has 4 aromatic rings. The van der Waals surface area contributed by atoms with Crippen LogP contribution in [0.25, 0.3) is 0 Å². The Morgan fingerprint density at radius 1 is 1.03 bits per heavy atom. The average Bonchev–Trinajstić information content (AvgIpc) is 3.22. The topological polar surface area (TPSA) is 75.5 Å². The van der Waals surface area contributed by atoms with Crippen molar-refractivity contribution >= 4 is 33.2 Å². The van der Waals surface area contributed by atoms with Gasteiger partial charge < -0.3 is 4.90 Å². The number of aromatic nitrogens is 2. The molecule has 1 aromatic heterocycles. The summed E-state index contributed by atoms with van der Waals surface area (Å²) in [5, 5.41) is 5.10. The number of nitrogens with zero attached hydrogens (tertiary/aromatic N) is 4. The van der Waals surface area contributed by atoms with Gasteiger partial charge in [-0.2, -0.15) is 9.40 Å². The number of hydrogen-bond donors (Lipinski definition) is 0. The number of anilines is 1. The number of benzene rings is 3. The fourth-order valence-corrected chi connectivity index (χ4v) is 6.35. The smallest absolute Gasteiger partial charge is 0.258 e. The number of carbonyl (C=O) groups excluding carboxylic acids is 1. The zero-order valence-corrected chi connectivity index (χ0v) is 22.2. The highest BCUT2D eigenvalue weighted by Crippen LogP contribution is 2.30. The van der Waals surface area contributed by atoms with Crippen LogP contribution in [0.2, 0.25) is 5.02 Å². The third-order valence-corrected chi connectivity index (χ3v) is 8.72. The summed E-state index contributed by atoms with van der Waals surface area (Å²) in [7, 11) is -1.89. The Balaban J connectivity index is 1.49. The summed E-state index contributed by atoms with van der Waals surface area (Å²) >= 11 is 6.07. The molecule has 190 valence electrons. The van der Waals surface area contributed by atoms with Crippen LogP contribution >= 0.6 is 11.6 Å². The number of fused-ring (bicyclic) bond motifs is 1. The lowest BCUT2D eigenvalue weighted by molar-refractivity contribution is 0.0984. The summed E-state index contributed by atoms with van der Waals surface area (Å²) in [6, 6.07) is 23.2. The minimum Gasteiger partial charge on any atom is -0.302 e. The van der Waals surface area contributed by atoms with Crippen molar-refractivity contribution in [1.29, 1.82) is 0 Å². The van der Waals surface area contributed by atoms with Crippen molar-refractivity contribution in [3.05, 3.63) is 112 Å². The number of halogens is 1. The first-order valence-electron chi connectivity index (χ1n) is 12.0. The molecule has 5 rings (SSSR count). The highest BCUT2D eigenvalue weighted by molar-refractivity contribution is 7.89. The predicted molar refractivity (Wildman–Crippen MR) is 144 cm³/mol. The van der Waals surface area contributed by atoms with E-state index >= 15 is 0 Å². The molecule has 2 heterocycles. The number of aryl methyl sites for hydroxylation is 2. The maximum Gasteiger partial charge on any atom is 0.258 e. The highest BCUT2D eigenvalue weighted by Gasteiger charge is 2.33. The van der Waals surface area contributed by atoms with Crippen LogP contribution in [0, 0.1) is 6.92 Å². The van der Waals surface area contributed by atoms with Gasteiger partial charge in [0.05, 0.1) is 17.1 Å². The van der Waals surface area contributed by atoms with E-state index in [0.29, 0.717) is 29.2 Å². The standard InChI is InChI=1S/C28H27ClN4O3S/c1-20-11-13-21(14-12-20)28(34)33(23-8-4-3-5-9-23)19-26-25-18-32(16-15-27(25)31(2)30-26)37(35,36)24-10-6-7-22(29)17-24/h3-14,17H,15-16,18-19H2,1-2H3. The molecule has 37 heavy (non-hydrogen) atoms. The van der Waals surface area contributed by atoms with Crippen LogP contribution in [0.1, 0.15) is 32.9 Å². The molecule has 0 saturated heterocycles. The second-order valence-corrected chi connectivity index (χ2v) is 11.5. The van der Waals surface area contributed by atoms with E-state index in [2.05, 4.69) is 0 Å². The Kier molecular flexibility index (Phi) is 6.90. The summed E-state index contributed by atoms with van der Waals surface area (Å²) in [4.78, 5) is 15.5. The van der Waals surface area contributed by atoms with Crippen LogP contribution in [0.15, 0.2) is 83.8 Å². The van der Waals surface area contributed by atoms with Crippen LogP contribution < -0.4 is 4.90 Å². The predicted octanol–water partition coefficient (Wildman–Crippen LogP) is 4.98. The molecule has 0 spiro atoms. The molecule has 0 N–H and O–H groups in total. The van der Waals surface area contributed by atoms with E-state index in [-0.39, 0.29) is 23.9 Å². The van der Waals surface area contributed by atoms with Crippen LogP contribution in [0.5, 0.6) is 0 Å². The van der Waals surface area contributed by atoms with Gasteiger partial charge in [-0.3, -0.25) is 9.48 Å². The zero-order valence-electron chi connectivity index (χ0n) is 20.6. The van der Waals surface area contributed by atoms with Gasteiger partial charge >= 0.3 is 0 Å². The van der Waals surface area contributed by atoms with Gasteiger partial charge in [0.2, 0.25) is 10.0 Å². The van der Waals surface area contributed by atoms with Gasteiger partial charge in [0, 0.05) is 54.1 Å². The van der Waals surface area contributed by atoms with Gasteiger partial charge in [0.1, 0.15) is 0 Å². The maximum absolute atomic E-state index is 13.6. The second-order valence-electron chi connectivity index (χ2n) is 9.13. The number of sulfonamides is 1. The molecule has 7 nitrogen and oxygen atoms in total. The van der Waals surface area contributed by atoms with Crippen molar-refractivity contribution in [2.75, 3.05) is 11.4 Å². The first-order chi connectivity index (χ1) is 17.7. The van der Waals surface area contributed by atoms with Crippen molar-refractivity contribution in [2.24, 2.45) is 7.05 Å². The fourth-order valence-electron chi connectivity index (χ4n) is 4.64. The van der Waals surface area contributed by atoms with E-state index in [4.69, 9.17) is 16.7 Å². The van der Waals surface area contributed by atoms with E-state index in [1.807, 2.05) is 68.6 Å². The van der Waals surface area contributed by atoms with Crippen LogP contribution in [0.4, 0.5) is 5.69 Å². The molecule has 0 saturated carbocycles. The molecular weight excluding hydrogens is 508 g/mol. The second kappa shape index (κ2) is 10.1. The number of rotatable bonds is 6. The summed E-state index contributed by atoms with van der Waals surface area (Å²) < 4.78 is 30.1.